The lowest BCUT2D eigenvalue weighted by Crippen LogP contribution is -2.14. The van der Waals surface area contributed by atoms with Gasteiger partial charge in [0, 0.05) is 24.8 Å². The van der Waals surface area contributed by atoms with Crippen LogP contribution in [0.1, 0.15) is 16.1 Å². The van der Waals surface area contributed by atoms with Crippen LogP contribution in [0.15, 0.2) is 59.5 Å². The van der Waals surface area contributed by atoms with E-state index in [2.05, 4.69) is 20.4 Å². The SMILES string of the molecule is COc1nc(-c2cn(CCN)cn2)ccc1NC(=O)c1c(-c2ccccc2)noc1C. The van der Waals surface area contributed by atoms with Crippen molar-refractivity contribution in [3.63, 3.8) is 0 Å². The number of amides is 1. The molecule has 0 aliphatic carbocycles. The Bertz CT molecular complexity index is 1200. The monoisotopic (exact) mass is 418 g/mol. The second-order valence-corrected chi connectivity index (χ2v) is 6.82. The van der Waals surface area contributed by atoms with Gasteiger partial charge in [-0.15, -0.1) is 0 Å². The summed E-state index contributed by atoms with van der Waals surface area (Å²) < 4.78 is 12.6. The maximum Gasteiger partial charge on any atom is 0.261 e. The van der Waals surface area contributed by atoms with Crippen LogP contribution >= 0.6 is 0 Å². The second kappa shape index (κ2) is 8.80. The van der Waals surface area contributed by atoms with Crippen molar-refractivity contribution in [1.82, 2.24) is 19.7 Å². The van der Waals surface area contributed by atoms with Gasteiger partial charge < -0.3 is 24.9 Å². The summed E-state index contributed by atoms with van der Waals surface area (Å²) in [6.45, 7) is 2.88. The molecule has 3 aromatic heterocycles. The molecular weight excluding hydrogens is 396 g/mol. The number of rotatable bonds is 7. The molecule has 158 valence electrons. The van der Waals surface area contributed by atoms with E-state index in [9.17, 15) is 4.79 Å². The number of hydrogen-bond acceptors (Lipinski definition) is 7. The van der Waals surface area contributed by atoms with Gasteiger partial charge in [-0.1, -0.05) is 35.5 Å². The number of aryl methyl sites for hydroxylation is 1. The average molecular weight is 418 g/mol. The Kier molecular flexibility index (Phi) is 5.76. The summed E-state index contributed by atoms with van der Waals surface area (Å²) in [6.07, 6.45) is 3.56. The molecule has 3 N–H and O–H groups in total. The fourth-order valence-corrected chi connectivity index (χ4v) is 3.21. The van der Waals surface area contributed by atoms with Gasteiger partial charge in [0.15, 0.2) is 0 Å². The molecule has 1 aromatic carbocycles. The summed E-state index contributed by atoms with van der Waals surface area (Å²) in [5.74, 6) is 0.331. The number of benzene rings is 1. The van der Waals surface area contributed by atoms with Crippen molar-refractivity contribution in [2.45, 2.75) is 13.5 Å². The Balaban J connectivity index is 1.61. The third-order valence-electron chi connectivity index (χ3n) is 4.72. The second-order valence-electron chi connectivity index (χ2n) is 6.82. The molecule has 9 nitrogen and oxygen atoms in total. The van der Waals surface area contributed by atoms with Crippen LogP contribution in [0.3, 0.4) is 0 Å². The van der Waals surface area contributed by atoms with Crippen molar-refractivity contribution >= 4 is 11.6 Å². The zero-order valence-electron chi connectivity index (χ0n) is 17.2. The van der Waals surface area contributed by atoms with Crippen LogP contribution in [0.2, 0.25) is 0 Å². The van der Waals surface area contributed by atoms with Crippen LogP contribution in [0, 0.1) is 6.92 Å². The highest BCUT2D eigenvalue weighted by molar-refractivity contribution is 6.09. The molecule has 0 saturated heterocycles. The van der Waals surface area contributed by atoms with Gasteiger partial charge in [-0.2, -0.15) is 0 Å². The highest BCUT2D eigenvalue weighted by atomic mass is 16.5. The highest BCUT2D eigenvalue weighted by Gasteiger charge is 2.23. The van der Waals surface area contributed by atoms with E-state index < -0.39 is 0 Å². The maximum atomic E-state index is 13.1. The van der Waals surface area contributed by atoms with E-state index in [1.807, 2.05) is 41.1 Å². The molecule has 4 rings (SSSR count). The summed E-state index contributed by atoms with van der Waals surface area (Å²) >= 11 is 0. The Labute approximate surface area is 178 Å². The molecule has 0 spiro atoms. The van der Waals surface area contributed by atoms with E-state index in [-0.39, 0.29) is 11.8 Å². The van der Waals surface area contributed by atoms with Crippen LogP contribution in [-0.2, 0) is 6.54 Å². The quantitative estimate of drug-likeness (QED) is 0.473. The molecule has 0 fully saturated rings. The Morgan fingerprint density at radius 3 is 2.74 bits per heavy atom. The molecule has 4 aromatic rings. The van der Waals surface area contributed by atoms with Crippen molar-refractivity contribution in [1.29, 1.82) is 0 Å². The maximum absolute atomic E-state index is 13.1. The number of aromatic nitrogens is 4. The Hall–Kier alpha value is -3.98. The molecule has 9 heteroatoms. The van der Waals surface area contributed by atoms with E-state index in [0.717, 1.165) is 5.56 Å². The van der Waals surface area contributed by atoms with Gasteiger partial charge in [0.05, 0.1) is 19.1 Å². The molecule has 1 amide bonds. The van der Waals surface area contributed by atoms with Gasteiger partial charge in [0.1, 0.15) is 28.4 Å². The first-order chi connectivity index (χ1) is 15.1. The topological polar surface area (TPSA) is 121 Å². The van der Waals surface area contributed by atoms with Crippen LogP contribution in [-0.4, -0.2) is 39.3 Å². The van der Waals surface area contributed by atoms with E-state index in [0.29, 0.717) is 47.2 Å². The lowest BCUT2D eigenvalue weighted by molar-refractivity contribution is 0.102. The number of hydrogen-bond donors (Lipinski definition) is 2. The third kappa shape index (κ3) is 4.17. The summed E-state index contributed by atoms with van der Waals surface area (Å²) in [5, 5.41) is 6.91. The third-order valence-corrected chi connectivity index (χ3v) is 4.72. The van der Waals surface area contributed by atoms with Crippen molar-refractivity contribution in [3.05, 3.63) is 66.3 Å². The average Bonchev–Trinajstić information content (AvgIpc) is 3.41. The van der Waals surface area contributed by atoms with Gasteiger partial charge in [0.25, 0.3) is 5.91 Å². The highest BCUT2D eigenvalue weighted by Crippen LogP contribution is 2.29. The minimum atomic E-state index is -0.363. The first-order valence-corrected chi connectivity index (χ1v) is 9.71. The smallest absolute Gasteiger partial charge is 0.261 e. The van der Waals surface area contributed by atoms with Gasteiger partial charge in [-0.3, -0.25) is 4.79 Å². The molecule has 31 heavy (non-hydrogen) atoms. The predicted molar refractivity (Wildman–Crippen MR) is 116 cm³/mol. The molecule has 0 aliphatic rings. The van der Waals surface area contributed by atoms with Crippen LogP contribution in [0.5, 0.6) is 5.88 Å². The standard InChI is InChI=1S/C22H22N6O3/c1-14-19(20(27-31-14)15-6-4-3-5-7-15)21(29)25-17-9-8-16(26-22(17)30-2)18-12-28(11-10-23)13-24-18/h3-9,12-13H,10-11,23H2,1-2H3,(H,25,29). The fraction of sp³-hybridized carbons (Fsp3) is 0.182. The fourth-order valence-electron chi connectivity index (χ4n) is 3.21. The van der Waals surface area contributed by atoms with E-state index in [4.69, 9.17) is 15.0 Å². The summed E-state index contributed by atoms with van der Waals surface area (Å²) in [7, 11) is 1.49. The molecular formula is C22H22N6O3. The number of imidazole rings is 1. The zero-order valence-corrected chi connectivity index (χ0v) is 17.2. The lowest BCUT2D eigenvalue weighted by Gasteiger charge is -2.10. The largest absolute Gasteiger partial charge is 0.479 e. The Morgan fingerprint density at radius 1 is 1.19 bits per heavy atom. The number of carbonyl (C=O) groups is 1. The van der Waals surface area contributed by atoms with Crippen molar-refractivity contribution in [3.8, 4) is 28.5 Å². The first kappa shape index (κ1) is 20.3. The van der Waals surface area contributed by atoms with Crippen molar-refractivity contribution in [2.75, 3.05) is 19.0 Å². The molecule has 0 radical (unpaired) electrons. The van der Waals surface area contributed by atoms with Gasteiger partial charge >= 0.3 is 0 Å². The Morgan fingerprint density at radius 2 is 2.00 bits per heavy atom. The number of carbonyl (C=O) groups excluding carboxylic acids is 1. The number of pyridine rings is 1. The molecule has 0 unspecified atom stereocenters. The minimum Gasteiger partial charge on any atom is -0.479 e. The molecule has 0 bridgehead atoms. The van der Waals surface area contributed by atoms with Crippen LogP contribution in [0.4, 0.5) is 5.69 Å². The molecule has 3 heterocycles. The summed E-state index contributed by atoms with van der Waals surface area (Å²) in [5.41, 5.74) is 8.94. The minimum absolute atomic E-state index is 0.273. The van der Waals surface area contributed by atoms with Crippen LogP contribution < -0.4 is 15.8 Å². The number of anilines is 1. The van der Waals surface area contributed by atoms with E-state index >= 15 is 0 Å². The van der Waals surface area contributed by atoms with Crippen LogP contribution in [0.25, 0.3) is 22.6 Å². The molecule has 0 atom stereocenters. The zero-order chi connectivity index (χ0) is 21.8. The van der Waals surface area contributed by atoms with Crippen molar-refractivity contribution < 1.29 is 14.1 Å². The normalized spacial score (nSPS) is 10.8. The summed E-state index contributed by atoms with van der Waals surface area (Å²) in [6, 6.07) is 12.9. The first-order valence-electron chi connectivity index (χ1n) is 9.71. The predicted octanol–water partition coefficient (Wildman–Crippen LogP) is 3.13. The number of nitrogens with one attached hydrogen (secondary N) is 1. The molecule has 0 aliphatic heterocycles. The number of nitrogens with two attached hydrogens (primary N) is 1. The number of nitrogens with zero attached hydrogens (tertiary/aromatic N) is 4. The number of ether oxygens (including phenoxy) is 1. The summed E-state index contributed by atoms with van der Waals surface area (Å²) in [4.78, 5) is 21.9. The lowest BCUT2D eigenvalue weighted by atomic mass is 10.1. The molecule has 0 saturated carbocycles. The van der Waals surface area contributed by atoms with Crippen molar-refractivity contribution in [2.24, 2.45) is 5.73 Å². The number of methoxy groups -OCH3 is 1. The van der Waals surface area contributed by atoms with E-state index in [1.54, 1.807) is 25.4 Å². The van der Waals surface area contributed by atoms with Gasteiger partial charge in [-0.05, 0) is 19.1 Å². The van der Waals surface area contributed by atoms with Gasteiger partial charge in [0.2, 0.25) is 5.88 Å². The van der Waals surface area contributed by atoms with Gasteiger partial charge in [-0.25, -0.2) is 9.97 Å². The van der Waals surface area contributed by atoms with E-state index in [1.165, 1.54) is 7.11 Å².